The first-order valence-corrected chi connectivity index (χ1v) is 6.54. The summed E-state index contributed by atoms with van der Waals surface area (Å²) in [6.45, 7) is 1.91. The third kappa shape index (κ3) is 3.45. The molecule has 20 heavy (non-hydrogen) atoms. The molecule has 2 N–H and O–H groups in total. The zero-order chi connectivity index (χ0) is 14.5. The molecule has 1 unspecified atom stereocenters. The maximum Gasteiger partial charge on any atom is 0.251 e. The summed E-state index contributed by atoms with van der Waals surface area (Å²) in [5.74, 6) is 0.356. The molecular weight excluding hydrogens is 276 g/mol. The van der Waals surface area contributed by atoms with Gasteiger partial charge in [-0.3, -0.25) is 9.78 Å². The number of hydrogen-bond donors (Lipinski definition) is 2. The molecule has 0 radical (unpaired) electrons. The smallest absolute Gasteiger partial charge is 0.251 e. The maximum absolute atomic E-state index is 12.2. The van der Waals surface area contributed by atoms with Crippen LogP contribution in [0.25, 0.3) is 0 Å². The fourth-order valence-electron chi connectivity index (χ4n) is 1.77. The number of carbonyl (C=O) groups is 1. The molecule has 0 spiro atoms. The number of hydrogen-bond acceptors (Lipinski definition) is 4. The van der Waals surface area contributed by atoms with Crippen LogP contribution >= 0.6 is 11.6 Å². The van der Waals surface area contributed by atoms with Crippen LogP contribution in [0, 0.1) is 0 Å². The summed E-state index contributed by atoms with van der Waals surface area (Å²) in [6, 6.07) is 6.81. The molecule has 0 saturated heterocycles. The molecule has 0 aliphatic rings. The number of halogens is 1. The van der Waals surface area contributed by atoms with Crippen LogP contribution in [0.15, 0.2) is 36.7 Å². The average Bonchev–Trinajstić information content (AvgIpc) is 2.47. The highest BCUT2D eigenvalue weighted by Crippen LogP contribution is 2.16. The van der Waals surface area contributed by atoms with E-state index in [2.05, 4.69) is 20.6 Å². The van der Waals surface area contributed by atoms with E-state index >= 15 is 0 Å². The number of rotatable bonds is 4. The number of anilines is 1. The number of nitrogens with zero attached hydrogens (tertiary/aromatic N) is 2. The largest absolute Gasteiger partial charge is 0.373 e. The SMILES string of the molecule is CNc1cc(C(=O)NC(C)c2ccncc2)cc(Cl)n1. The van der Waals surface area contributed by atoms with E-state index < -0.39 is 0 Å². The van der Waals surface area contributed by atoms with Gasteiger partial charge in [-0.1, -0.05) is 11.6 Å². The zero-order valence-corrected chi connectivity index (χ0v) is 12.0. The Morgan fingerprint density at radius 1 is 1.30 bits per heavy atom. The standard InChI is InChI=1S/C14H15ClN4O/c1-9(10-3-5-17-6-4-10)18-14(20)11-7-12(15)19-13(8-11)16-2/h3-9H,1-2H3,(H,16,19)(H,18,20). The Morgan fingerprint density at radius 2 is 2.00 bits per heavy atom. The summed E-state index contributed by atoms with van der Waals surface area (Å²) in [5.41, 5.74) is 1.46. The highest BCUT2D eigenvalue weighted by Gasteiger charge is 2.13. The third-order valence-electron chi connectivity index (χ3n) is 2.87. The first-order valence-electron chi connectivity index (χ1n) is 6.16. The Hall–Kier alpha value is -2.14. The van der Waals surface area contributed by atoms with Gasteiger partial charge in [0.25, 0.3) is 5.91 Å². The van der Waals surface area contributed by atoms with Crippen molar-refractivity contribution in [1.29, 1.82) is 0 Å². The van der Waals surface area contributed by atoms with Gasteiger partial charge in [-0.15, -0.1) is 0 Å². The molecule has 0 fully saturated rings. The Balaban J connectivity index is 2.14. The second-order valence-corrected chi connectivity index (χ2v) is 4.68. The molecule has 0 aliphatic carbocycles. The van der Waals surface area contributed by atoms with Gasteiger partial charge in [-0.25, -0.2) is 4.98 Å². The van der Waals surface area contributed by atoms with Crippen LogP contribution in [0.3, 0.4) is 0 Å². The van der Waals surface area contributed by atoms with Gasteiger partial charge < -0.3 is 10.6 Å². The minimum Gasteiger partial charge on any atom is -0.373 e. The van der Waals surface area contributed by atoms with Gasteiger partial charge in [0.1, 0.15) is 11.0 Å². The predicted octanol–water partition coefficient (Wildman–Crippen LogP) is 2.66. The van der Waals surface area contributed by atoms with E-state index in [-0.39, 0.29) is 17.1 Å². The fourth-order valence-corrected chi connectivity index (χ4v) is 1.98. The van der Waals surface area contributed by atoms with E-state index in [9.17, 15) is 4.79 Å². The van der Waals surface area contributed by atoms with Crippen molar-refractivity contribution < 1.29 is 4.79 Å². The van der Waals surface area contributed by atoms with Crippen LogP contribution in [0.1, 0.15) is 28.9 Å². The van der Waals surface area contributed by atoms with Gasteiger partial charge in [0.05, 0.1) is 6.04 Å². The molecule has 2 rings (SSSR count). The van der Waals surface area contributed by atoms with Gasteiger partial charge in [-0.2, -0.15) is 0 Å². The molecule has 5 nitrogen and oxygen atoms in total. The first-order chi connectivity index (χ1) is 9.60. The van der Waals surface area contributed by atoms with Crippen molar-refractivity contribution >= 4 is 23.3 Å². The molecule has 1 atom stereocenters. The van der Waals surface area contributed by atoms with Crippen LogP contribution in [0.5, 0.6) is 0 Å². The highest BCUT2D eigenvalue weighted by atomic mass is 35.5. The van der Waals surface area contributed by atoms with Gasteiger partial charge in [0, 0.05) is 25.0 Å². The van der Waals surface area contributed by atoms with Crippen LogP contribution in [-0.2, 0) is 0 Å². The van der Waals surface area contributed by atoms with Gasteiger partial charge in [0.2, 0.25) is 0 Å². The van der Waals surface area contributed by atoms with Gasteiger partial charge in [0.15, 0.2) is 0 Å². The summed E-state index contributed by atoms with van der Waals surface area (Å²) in [5, 5.41) is 6.05. The first kappa shape index (κ1) is 14.3. The summed E-state index contributed by atoms with van der Waals surface area (Å²) in [6.07, 6.45) is 3.39. The van der Waals surface area contributed by atoms with Crippen molar-refractivity contribution in [2.75, 3.05) is 12.4 Å². The van der Waals surface area contributed by atoms with E-state index in [1.165, 1.54) is 6.07 Å². The molecular formula is C14H15ClN4O. The lowest BCUT2D eigenvalue weighted by atomic mass is 10.1. The number of nitrogens with one attached hydrogen (secondary N) is 2. The molecule has 1 amide bonds. The predicted molar refractivity (Wildman–Crippen MR) is 78.9 cm³/mol. The Kier molecular flexibility index (Phi) is 4.53. The molecule has 0 aliphatic heterocycles. The van der Waals surface area contributed by atoms with Crippen LogP contribution in [0.4, 0.5) is 5.82 Å². The normalized spacial score (nSPS) is 11.8. The van der Waals surface area contributed by atoms with Crippen LogP contribution in [-0.4, -0.2) is 22.9 Å². The second-order valence-electron chi connectivity index (χ2n) is 4.29. The molecule has 2 aromatic heterocycles. The van der Waals surface area contributed by atoms with E-state index in [4.69, 9.17) is 11.6 Å². The van der Waals surface area contributed by atoms with E-state index in [1.54, 1.807) is 25.5 Å². The number of carbonyl (C=O) groups excluding carboxylic acids is 1. The summed E-state index contributed by atoms with van der Waals surface area (Å²) >= 11 is 5.89. The lowest BCUT2D eigenvalue weighted by Crippen LogP contribution is -2.26. The van der Waals surface area contributed by atoms with Crippen LogP contribution < -0.4 is 10.6 Å². The molecule has 104 valence electrons. The topological polar surface area (TPSA) is 66.9 Å². The van der Waals surface area contributed by atoms with Crippen LogP contribution in [0.2, 0.25) is 5.15 Å². The van der Waals surface area contributed by atoms with Crippen molar-refractivity contribution in [1.82, 2.24) is 15.3 Å². The minimum atomic E-state index is -0.199. The average molecular weight is 291 g/mol. The summed E-state index contributed by atoms with van der Waals surface area (Å²) < 4.78 is 0. The van der Waals surface area contributed by atoms with Gasteiger partial charge in [-0.05, 0) is 36.8 Å². The molecule has 6 heteroatoms. The lowest BCUT2D eigenvalue weighted by Gasteiger charge is -2.14. The highest BCUT2D eigenvalue weighted by molar-refractivity contribution is 6.29. The summed E-state index contributed by atoms with van der Waals surface area (Å²) in [4.78, 5) is 20.2. The van der Waals surface area contributed by atoms with Crippen molar-refractivity contribution in [3.8, 4) is 0 Å². The van der Waals surface area contributed by atoms with E-state index in [1.807, 2.05) is 19.1 Å². The minimum absolute atomic E-state index is 0.115. The fraction of sp³-hybridized carbons (Fsp3) is 0.214. The molecule has 0 saturated carbocycles. The van der Waals surface area contributed by atoms with E-state index in [0.717, 1.165) is 5.56 Å². The molecule has 2 aromatic rings. The monoisotopic (exact) mass is 290 g/mol. The van der Waals surface area contributed by atoms with Crippen molar-refractivity contribution in [3.05, 3.63) is 52.9 Å². The number of pyridine rings is 2. The Labute approximate surface area is 122 Å². The maximum atomic E-state index is 12.2. The van der Waals surface area contributed by atoms with Gasteiger partial charge >= 0.3 is 0 Å². The summed E-state index contributed by atoms with van der Waals surface area (Å²) in [7, 11) is 1.72. The lowest BCUT2D eigenvalue weighted by molar-refractivity contribution is 0.0940. The number of aromatic nitrogens is 2. The van der Waals surface area contributed by atoms with E-state index in [0.29, 0.717) is 11.4 Å². The van der Waals surface area contributed by atoms with Crippen molar-refractivity contribution in [3.63, 3.8) is 0 Å². The third-order valence-corrected chi connectivity index (χ3v) is 3.06. The second kappa shape index (κ2) is 6.34. The Bertz CT molecular complexity index is 603. The number of amides is 1. The zero-order valence-electron chi connectivity index (χ0n) is 11.2. The van der Waals surface area contributed by atoms with Crippen molar-refractivity contribution in [2.45, 2.75) is 13.0 Å². The molecule has 0 aromatic carbocycles. The quantitative estimate of drug-likeness (QED) is 0.850. The van der Waals surface area contributed by atoms with Crippen molar-refractivity contribution in [2.24, 2.45) is 0 Å². The molecule has 2 heterocycles. The Morgan fingerprint density at radius 3 is 2.65 bits per heavy atom. The molecule has 0 bridgehead atoms.